The number of rotatable bonds is 1. The molecule has 6 nitrogen and oxygen atoms in total. The Kier molecular flexibility index (Phi) is 2.03. The van der Waals surface area contributed by atoms with Gasteiger partial charge in [0, 0.05) is 10.9 Å². The highest BCUT2D eigenvalue weighted by Crippen LogP contribution is 2.06. The molecule has 0 amide bonds. The Bertz CT molecular complexity index is 513. The summed E-state index contributed by atoms with van der Waals surface area (Å²) in [5, 5.41) is 26.9. The van der Waals surface area contributed by atoms with E-state index in [4.69, 9.17) is 0 Å². The van der Waals surface area contributed by atoms with Crippen molar-refractivity contribution in [2.24, 2.45) is 0 Å². The van der Waals surface area contributed by atoms with Crippen molar-refractivity contribution >= 4 is 17.0 Å². The number of anilines is 1. The minimum Gasteiger partial charge on any atom is -0.739 e. The van der Waals surface area contributed by atoms with Gasteiger partial charge in [-0.3, -0.25) is 4.90 Å². The van der Waals surface area contributed by atoms with Crippen LogP contribution in [0.1, 0.15) is 0 Å². The Hall–Kier alpha value is -2.11. The lowest BCUT2D eigenvalue weighted by Crippen LogP contribution is -2.45. The minimum atomic E-state index is 0.0729. The first-order valence-corrected chi connectivity index (χ1v) is 4.40. The molecule has 2 aromatic rings. The van der Waals surface area contributed by atoms with Gasteiger partial charge in [0.1, 0.15) is 0 Å². The first-order valence-electron chi connectivity index (χ1n) is 4.40. The van der Waals surface area contributed by atoms with E-state index in [0.717, 1.165) is 0 Å². The number of hydrogen-bond donors (Lipinski definition) is 0. The SMILES string of the molecule is CN(C)c1n[n+]([O-])c2ccccc2[n+]1[O-]. The first kappa shape index (κ1) is 9.45. The molecule has 0 spiro atoms. The van der Waals surface area contributed by atoms with E-state index in [2.05, 4.69) is 5.10 Å². The zero-order chi connectivity index (χ0) is 11.0. The van der Waals surface area contributed by atoms with Crippen LogP contribution in [0.4, 0.5) is 5.95 Å². The fraction of sp³-hybridized carbons (Fsp3) is 0.222. The highest BCUT2D eigenvalue weighted by Gasteiger charge is 2.20. The molecule has 0 unspecified atom stereocenters. The van der Waals surface area contributed by atoms with E-state index >= 15 is 0 Å². The molecule has 78 valence electrons. The lowest BCUT2D eigenvalue weighted by molar-refractivity contribution is -0.672. The van der Waals surface area contributed by atoms with Crippen LogP contribution in [0.25, 0.3) is 11.0 Å². The number of benzene rings is 1. The molecule has 0 N–H and O–H groups in total. The molecule has 0 aliphatic carbocycles. The maximum Gasteiger partial charge on any atom is 0.462 e. The molecule has 0 aliphatic heterocycles. The second kappa shape index (κ2) is 3.23. The molecule has 0 saturated heterocycles. The van der Waals surface area contributed by atoms with Crippen LogP contribution < -0.4 is 14.5 Å². The van der Waals surface area contributed by atoms with Gasteiger partial charge in [-0.25, -0.2) is 4.73 Å². The minimum absolute atomic E-state index is 0.0729. The van der Waals surface area contributed by atoms with Gasteiger partial charge in [0.15, 0.2) is 5.52 Å². The fourth-order valence-electron chi connectivity index (χ4n) is 1.35. The Balaban J connectivity index is 2.84. The van der Waals surface area contributed by atoms with Gasteiger partial charge in [-0.1, -0.05) is 12.1 Å². The molecule has 0 saturated carbocycles. The second-order valence-electron chi connectivity index (χ2n) is 3.35. The van der Waals surface area contributed by atoms with Gasteiger partial charge < -0.3 is 10.4 Å². The average molecular weight is 206 g/mol. The zero-order valence-electron chi connectivity index (χ0n) is 8.41. The van der Waals surface area contributed by atoms with Crippen LogP contribution in [0, 0.1) is 10.4 Å². The van der Waals surface area contributed by atoms with Gasteiger partial charge in [-0.2, -0.15) is 0 Å². The Labute approximate surface area is 86.1 Å². The second-order valence-corrected chi connectivity index (χ2v) is 3.35. The fourth-order valence-corrected chi connectivity index (χ4v) is 1.35. The Morgan fingerprint density at radius 2 is 1.73 bits per heavy atom. The topological polar surface area (TPSA) is 70.0 Å². The van der Waals surface area contributed by atoms with Crippen molar-refractivity contribution in [3.05, 3.63) is 34.7 Å². The first-order chi connectivity index (χ1) is 7.11. The van der Waals surface area contributed by atoms with Gasteiger partial charge >= 0.3 is 5.95 Å². The van der Waals surface area contributed by atoms with Crippen LogP contribution in [0.3, 0.4) is 0 Å². The normalized spacial score (nSPS) is 10.5. The number of para-hydroxylation sites is 2. The largest absolute Gasteiger partial charge is 0.739 e. The lowest BCUT2D eigenvalue weighted by Gasteiger charge is -2.12. The summed E-state index contributed by atoms with van der Waals surface area (Å²) in [4.78, 5) is 1.95. The number of hydrogen-bond acceptors (Lipinski definition) is 4. The van der Waals surface area contributed by atoms with Gasteiger partial charge in [-0.05, 0) is 6.07 Å². The lowest BCUT2D eigenvalue weighted by atomic mass is 10.3. The van der Waals surface area contributed by atoms with Gasteiger partial charge in [0.2, 0.25) is 5.10 Å². The summed E-state index contributed by atoms with van der Waals surface area (Å²) in [5.41, 5.74) is 0.573. The van der Waals surface area contributed by atoms with Crippen LogP contribution in [0.15, 0.2) is 24.3 Å². The van der Waals surface area contributed by atoms with Crippen LogP contribution in [0.5, 0.6) is 0 Å². The molecular formula is C9H10N4O2. The number of fused-ring (bicyclic) bond motifs is 1. The Morgan fingerprint density at radius 3 is 2.33 bits per heavy atom. The van der Waals surface area contributed by atoms with Crippen molar-refractivity contribution in [3.63, 3.8) is 0 Å². The van der Waals surface area contributed by atoms with E-state index in [1.54, 1.807) is 38.4 Å². The van der Waals surface area contributed by atoms with E-state index in [1.807, 2.05) is 0 Å². The molecule has 0 atom stereocenters. The van der Waals surface area contributed by atoms with E-state index < -0.39 is 0 Å². The van der Waals surface area contributed by atoms with Crippen LogP contribution in [0.2, 0.25) is 0 Å². The summed E-state index contributed by atoms with van der Waals surface area (Å²) in [6, 6.07) is 6.54. The van der Waals surface area contributed by atoms with Gasteiger partial charge in [0.05, 0.1) is 14.1 Å². The zero-order valence-corrected chi connectivity index (χ0v) is 8.41. The maximum atomic E-state index is 11.8. The summed E-state index contributed by atoms with van der Waals surface area (Å²) < 4.78 is 0.643. The molecule has 1 aromatic carbocycles. The van der Waals surface area contributed by atoms with E-state index in [1.165, 1.54) is 4.90 Å². The molecule has 6 heteroatoms. The highest BCUT2D eigenvalue weighted by atomic mass is 16.5. The third-order valence-electron chi connectivity index (χ3n) is 2.07. The molecule has 2 rings (SSSR count). The third-order valence-corrected chi connectivity index (χ3v) is 2.07. The average Bonchev–Trinajstić information content (AvgIpc) is 2.23. The molecule has 15 heavy (non-hydrogen) atoms. The predicted octanol–water partition coefficient (Wildman–Crippen LogP) is -0.432. The number of aromatic nitrogens is 3. The molecule has 1 heterocycles. The Morgan fingerprint density at radius 1 is 1.13 bits per heavy atom. The third kappa shape index (κ3) is 1.39. The summed E-state index contributed by atoms with van der Waals surface area (Å²) in [5.74, 6) is 0.0729. The van der Waals surface area contributed by atoms with Gasteiger partial charge in [-0.15, -0.1) is 0 Å². The number of nitrogens with zero attached hydrogens (tertiary/aromatic N) is 4. The van der Waals surface area contributed by atoms with Crippen molar-refractivity contribution in [2.45, 2.75) is 0 Å². The van der Waals surface area contributed by atoms with Crippen LogP contribution >= 0.6 is 0 Å². The van der Waals surface area contributed by atoms with Crippen molar-refractivity contribution in [3.8, 4) is 0 Å². The molecular weight excluding hydrogens is 196 g/mol. The van der Waals surface area contributed by atoms with Crippen molar-refractivity contribution in [2.75, 3.05) is 19.0 Å². The van der Waals surface area contributed by atoms with Crippen molar-refractivity contribution in [1.29, 1.82) is 0 Å². The molecule has 0 fully saturated rings. The van der Waals surface area contributed by atoms with E-state index in [9.17, 15) is 10.4 Å². The molecule has 0 bridgehead atoms. The summed E-state index contributed by atoms with van der Waals surface area (Å²) in [7, 11) is 3.32. The van der Waals surface area contributed by atoms with Crippen LogP contribution in [-0.4, -0.2) is 19.2 Å². The summed E-state index contributed by atoms with van der Waals surface area (Å²) >= 11 is 0. The monoisotopic (exact) mass is 206 g/mol. The van der Waals surface area contributed by atoms with E-state index in [-0.39, 0.29) is 11.5 Å². The van der Waals surface area contributed by atoms with Crippen molar-refractivity contribution < 1.29 is 9.58 Å². The van der Waals surface area contributed by atoms with Crippen LogP contribution in [-0.2, 0) is 0 Å². The quantitative estimate of drug-likeness (QED) is 0.469. The molecule has 0 aliphatic rings. The maximum absolute atomic E-state index is 11.8. The summed E-state index contributed by atoms with van der Waals surface area (Å²) in [6.45, 7) is 0. The van der Waals surface area contributed by atoms with Gasteiger partial charge in [0.25, 0.3) is 5.52 Å². The van der Waals surface area contributed by atoms with Crippen molar-refractivity contribution in [1.82, 2.24) is 5.10 Å². The summed E-state index contributed by atoms with van der Waals surface area (Å²) in [6.07, 6.45) is 0. The van der Waals surface area contributed by atoms with E-state index in [0.29, 0.717) is 15.1 Å². The highest BCUT2D eigenvalue weighted by molar-refractivity contribution is 5.67. The molecule has 0 radical (unpaired) electrons. The predicted molar refractivity (Wildman–Crippen MR) is 54.0 cm³/mol. The molecule has 1 aromatic heterocycles. The smallest absolute Gasteiger partial charge is 0.462 e. The standard InChI is InChI=1S/C9H10N4O2/c1-11(2)9-10-13(15)8-6-4-3-5-7(8)12(9)14/h3-6H,1-2H3.